The lowest BCUT2D eigenvalue weighted by atomic mass is 9.92. The van der Waals surface area contributed by atoms with Gasteiger partial charge < -0.3 is 34.7 Å². The van der Waals surface area contributed by atoms with Gasteiger partial charge >= 0.3 is 12.8 Å². The number of carbonyl (C=O) groups is 2. The molecular weight excluding hydrogens is 780 g/mol. The zero-order valence-electron chi connectivity index (χ0n) is 31.0. The fourth-order valence-corrected chi connectivity index (χ4v) is 7.85. The van der Waals surface area contributed by atoms with Crippen molar-refractivity contribution in [3.8, 4) is 22.8 Å². The van der Waals surface area contributed by atoms with E-state index in [9.17, 15) is 41.8 Å². The van der Waals surface area contributed by atoms with E-state index in [1.807, 2.05) is 27.7 Å². The van der Waals surface area contributed by atoms with Crippen LogP contribution in [0.5, 0.6) is 11.5 Å². The van der Waals surface area contributed by atoms with E-state index < -0.39 is 66.9 Å². The highest BCUT2D eigenvalue weighted by Crippen LogP contribution is 2.35. The summed E-state index contributed by atoms with van der Waals surface area (Å²) >= 11 is 1.44. The fraction of sp³-hybridized carbons (Fsp3) is 0.474. The molecule has 0 aliphatic carbocycles. The molecule has 1 fully saturated rings. The first-order chi connectivity index (χ1) is 27.1. The Kier molecular flexibility index (Phi) is 13.1. The number of nitrogens with zero attached hydrogens (tertiary/aromatic N) is 4. The number of hydrogen-bond donors (Lipinski definition) is 4. The van der Waals surface area contributed by atoms with Gasteiger partial charge in [0.05, 0.1) is 30.1 Å². The predicted octanol–water partition coefficient (Wildman–Crippen LogP) is 4.52. The van der Waals surface area contributed by atoms with Gasteiger partial charge in [-0.15, -0.1) is 11.3 Å². The van der Waals surface area contributed by atoms with Gasteiger partial charge in [-0.2, -0.15) is 22.0 Å². The van der Waals surface area contributed by atoms with Gasteiger partial charge in [0.1, 0.15) is 36.8 Å². The number of benzene rings is 1. The summed E-state index contributed by atoms with van der Waals surface area (Å²) in [5, 5.41) is 29.1. The summed E-state index contributed by atoms with van der Waals surface area (Å²) < 4.78 is 81.4. The van der Waals surface area contributed by atoms with Crippen LogP contribution in [-0.4, -0.2) is 112 Å². The van der Waals surface area contributed by atoms with Gasteiger partial charge in [0, 0.05) is 54.3 Å². The fourth-order valence-electron chi connectivity index (χ4n) is 7.07. The minimum absolute atomic E-state index is 0.0255. The van der Waals surface area contributed by atoms with Crippen LogP contribution in [0, 0.1) is 5.92 Å². The van der Waals surface area contributed by atoms with Crippen molar-refractivity contribution in [2.75, 3.05) is 39.3 Å². The zero-order valence-corrected chi connectivity index (χ0v) is 31.8. The number of aromatic nitrogens is 2. The molecule has 1 aromatic carbocycles. The maximum Gasteiger partial charge on any atom is 0.405 e. The first-order valence-corrected chi connectivity index (χ1v) is 19.1. The number of carbonyl (C=O) groups excluding carboxylic acids is 2. The zero-order chi connectivity index (χ0) is 40.9. The molecule has 3 aromatic heterocycles. The number of aliphatic hydroxyl groups excluding tert-OH is 2. The number of alkyl halides is 5. The minimum atomic E-state index is -4.67. The molecule has 4 N–H and O–H groups in total. The van der Waals surface area contributed by atoms with Crippen molar-refractivity contribution in [2.24, 2.45) is 5.92 Å². The summed E-state index contributed by atoms with van der Waals surface area (Å²) in [6, 6.07) is 10.1. The second kappa shape index (κ2) is 17.8. The molecule has 2 amide bonds. The van der Waals surface area contributed by atoms with E-state index in [4.69, 9.17) is 9.15 Å². The summed E-state index contributed by atoms with van der Waals surface area (Å²) in [5.74, 6) is -1.36. The van der Waals surface area contributed by atoms with E-state index in [2.05, 4.69) is 20.0 Å². The number of nitrogens with one attached hydrogen (secondary N) is 2. The lowest BCUT2D eigenvalue weighted by Gasteiger charge is -2.46. The number of β-amino-alcohol motifs (C(OH)–C–C–N with tert-alkyl or cyclic N) is 1. The number of oxazole rings is 1. The largest absolute Gasteiger partial charge is 0.490 e. The van der Waals surface area contributed by atoms with E-state index >= 15 is 0 Å². The number of fused-ring (bicyclic) bond motifs is 1. The highest BCUT2D eigenvalue weighted by molar-refractivity contribution is 7.09. The summed E-state index contributed by atoms with van der Waals surface area (Å²) in [6.45, 7) is -0.928. The van der Waals surface area contributed by atoms with Crippen molar-refractivity contribution in [1.82, 2.24) is 30.4 Å². The number of piperazine rings is 1. The third kappa shape index (κ3) is 10.6. The van der Waals surface area contributed by atoms with Crippen LogP contribution in [-0.2, 0) is 21.5 Å². The highest BCUT2D eigenvalue weighted by Gasteiger charge is 2.43. The smallest absolute Gasteiger partial charge is 0.405 e. The molecule has 1 saturated heterocycles. The molecule has 6 rings (SSSR count). The van der Waals surface area contributed by atoms with E-state index in [1.165, 1.54) is 29.8 Å². The molecule has 0 saturated carbocycles. The number of aliphatic hydroxyl groups is 2. The van der Waals surface area contributed by atoms with Gasteiger partial charge in [-0.25, -0.2) is 4.98 Å². The van der Waals surface area contributed by atoms with Crippen LogP contribution < -0.4 is 20.1 Å². The van der Waals surface area contributed by atoms with Crippen LogP contribution in [0.15, 0.2) is 70.9 Å². The number of rotatable bonds is 15. The topological polar surface area (TPSA) is 163 Å². The van der Waals surface area contributed by atoms with E-state index in [-0.39, 0.29) is 63.0 Å². The number of hydrogen-bond acceptors (Lipinski definition) is 12. The maximum atomic E-state index is 13.9. The van der Waals surface area contributed by atoms with Crippen molar-refractivity contribution >= 4 is 23.2 Å². The third-order valence-corrected chi connectivity index (χ3v) is 10.9. The molecule has 0 spiro atoms. The average Bonchev–Trinajstić information content (AvgIpc) is 3.88. The highest BCUT2D eigenvalue weighted by atomic mass is 32.1. The molecule has 5 heterocycles. The predicted molar refractivity (Wildman–Crippen MR) is 196 cm³/mol. The van der Waals surface area contributed by atoms with E-state index in [0.717, 1.165) is 11.1 Å². The molecular formula is C38H43F5N6O7S. The molecule has 0 bridgehead atoms. The second-order valence-electron chi connectivity index (χ2n) is 14.4. The van der Waals surface area contributed by atoms with Gasteiger partial charge in [0.15, 0.2) is 5.76 Å². The van der Waals surface area contributed by atoms with Crippen molar-refractivity contribution in [3.63, 3.8) is 0 Å². The van der Waals surface area contributed by atoms with Crippen LogP contribution in [0.3, 0.4) is 0 Å². The molecule has 4 aromatic rings. The third-order valence-electron chi connectivity index (χ3n) is 10.0. The molecule has 5 atom stereocenters. The van der Waals surface area contributed by atoms with E-state index in [0.29, 0.717) is 16.9 Å². The maximum absolute atomic E-state index is 13.9. The quantitative estimate of drug-likeness (QED) is 0.125. The number of para-hydroxylation sites is 1. The molecule has 2 aliphatic rings. The molecule has 2 aliphatic heterocycles. The number of pyridine rings is 1. The SMILES string of the molecule is CC(C)(c1ncc(-c2cncc(OC(F)F)c2)o1)N1CCN(C[C@@H](O)C[C@@H](Cc2cccs2)C(=O)N[C@H]2c3ccccc3OC[C@H]2O)[C@H](C(=O)NCC(F)(F)F)C1. The Morgan fingerprint density at radius 1 is 1.11 bits per heavy atom. The second-order valence-corrected chi connectivity index (χ2v) is 15.5. The first-order valence-electron chi connectivity index (χ1n) is 18.2. The number of amides is 2. The standard InChI is InChI=1S/C38H43F5N6O7S/c1-37(2,35-45-17-31(56-35)23-13-25(16-44-15-23)55-36(39)40)49-10-9-48(28(19-49)34(53)46-21-38(41,42)43)18-24(50)12-22(14-26-6-5-11-57-26)33(52)47-32-27-7-3-4-8-30(27)54-20-29(32)51/h3-8,11,13,15-17,22,24,28-29,32,36,50-51H,9-10,12,14,18-21H2,1-2H3,(H,46,53)(H,47,52)/t22-,24-,28-,29+,32-/m0/s1. The number of ether oxygens (including phenoxy) is 2. The van der Waals surface area contributed by atoms with Crippen LogP contribution in [0.1, 0.15) is 42.6 Å². The minimum Gasteiger partial charge on any atom is -0.490 e. The van der Waals surface area contributed by atoms with Gasteiger partial charge in [0.25, 0.3) is 0 Å². The Morgan fingerprint density at radius 2 is 1.89 bits per heavy atom. The summed E-state index contributed by atoms with van der Waals surface area (Å²) in [4.78, 5) is 40.0. The normalized spacial score (nSPS) is 20.4. The van der Waals surface area contributed by atoms with Gasteiger partial charge in [-0.05, 0) is 50.3 Å². The molecule has 13 nitrogen and oxygen atoms in total. The van der Waals surface area contributed by atoms with Crippen LogP contribution in [0.4, 0.5) is 22.0 Å². The Hall–Kier alpha value is -4.69. The molecule has 0 radical (unpaired) electrons. The Morgan fingerprint density at radius 3 is 2.63 bits per heavy atom. The average molecular weight is 823 g/mol. The lowest BCUT2D eigenvalue weighted by molar-refractivity contribution is -0.144. The summed E-state index contributed by atoms with van der Waals surface area (Å²) in [7, 11) is 0. The number of thiophene rings is 1. The van der Waals surface area contributed by atoms with Crippen molar-refractivity contribution < 1.29 is 55.6 Å². The molecule has 0 unspecified atom stereocenters. The molecule has 57 heavy (non-hydrogen) atoms. The van der Waals surface area contributed by atoms with Gasteiger partial charge in [-0.3, -0.25) is 24.4 Å². The summed E-state index contributed by atoms with van der Waals surface area (Å²) in [5.41, 5.74) is -0.0984. The van der Waals surface area contributed by atoms with Crippen LogP contribution in [0.25, 0.3) is 11.3 Å². The number of halogens is 5. The first kappa shape index (κ1) is 41.9. The Bertz CT molecular complexity index is 1970. The molecule has 308 valence electrons. The van der Waals surface area contributed by atoms with Crippen molar-refractivity contribution in [1.29, 1.82) is 0 Å². The molecule has 19 heteroatoms. The van der Waals surface area contributed by atoms with E-state index in [1.54, 1.807) is 43.0 Å². The monoisotopic (exact) mass is 822 g/mol. The summed E-state index contributed by atoms with van der Waals surface area (Å²) in [6.07, 6.45) is -2.78. The van der Waals surface area contributed by atoms with Gasteiger partial charge in [0.2, 0.25) is 17.7 Å². The van der Waals surface area contributed by atoms with Crippen LogP contribution in [0.2, 0.25) is 0 Å². The lowest BCUT2D eigenvalue weighted by Crippen LogP contribution is -2.63. The van der Waals surface area contributed by atoms with Crippen LogP contribution >= 0.6 is 11.3 Å². The Labute approximate surface area is 328 Å². The van der Waals surface area contributed by atoms with Crippen molar-refractivity contribution in [3.05, 3.63) is 82.8 Å². The van der Waals surface area contributed by atoms with Gasteiger partial charge in [-0.1, -0.05) is 24.3 Å². The Balaban J connectivity index is 1.17. The van der Waals surface area contributed by atoms with Crippen molar-refractivity contribution in [2.45, 2.75) is 69.3 Å².